The summed E-state index contributed by atoms with van der Waals surface area (Å²) in [5.41, 5.74) is 0. The van der Waals surface area contributed by atoms with Crippen molar-refractivity contribution in [1.82, 2.24) is 10.6 Å². The molecule has 0 atom stereocenters. The van der Waals surface area contributed by atoms with E-state index in [1.807, 2.05) is 0 Å². The fraction of sp³-hybridized carbons (Fsp3) is 0.429. The summed E-state index contributed by atoms with van der Waals surface area (Å²) in [5, 5.41) is 13.0. The Hall–Kier alpha value is -1.54. The molecular formula is C7H10N2O3. The number of terminal acetylenes is 1. The van der Waals surface area contributed by atoms with E-state index in [2.05, 4.69) is 16.6 Å². The summed E-state index contributed by atoms with van der Waals surface area (Å²) in [6.45, 7) is -0.0332. The first-order valence-electron chi connectivity index (χ1n) is 3.29. The molecule has 0 aliphatic heterocycles. The molecule has 0 aromatic heterocycles. The van der Waals surface area contributed by atoms with E-state index in [1.54, 1.807) is 0 Å². The maximum atomic E-state index is 10.7. The van der Waals surface area contributed by atoms with Crippen molar-refractivity contribution in [1.29, 1.82) is 0 Å². The highest BCUT2D eigenvalue weighted by Crippen LogP contribution is 1.64. The summed E-state index contributed by atoms with van der Waals surface area (Å²) in [4.78, 5) is 20.7. The fourth-order valence-electron chi connectivity index (χ4n) is 0.485. The molecule has 0 bridgehead atoms. The van der Waals surface area contributed by atoms with Gasteiger partial charge in [-0.15, -0.1) is 6.42 Å². The lowest BCUT2D eigenvalue weighted by Crippen LogP contribution is -2.36. The molecule has 0 radical (unpaired) electrons. The Bertz CT molecular complexity index is 207. The molecule has 0 aliphatic carbocycles. The summed E-state index contributed by atoms with van der Waals surface area (Å²) in [6.07, 6.45) is 4.90. The van der Waals surface area contributed by atoms with Gasteiger partial charge >= 0.3 is 5.97 Å². The molecule has 0 saturated heterocycles. The van der Waals surface area contributed by atoms with Crippen LogP contribution < -0.4 is 10.6 Å². The van der Waals surface area contributed by atoms with Crippen LogP contribution in [0.3, 0.4) is 0 Å². The lowest BCUT2D eigenvalue weighted by Gasteiger charge is -2.00. The monoisotopic (exact) mass is 170 g/mol. The Morgan fingerprint density at radius 2 is 2.08 bits per heavy atom. The largest absolute Gasteiger partial charge is 0.480 e. The van der Waals surface area contributed by atoms with Crippen LogP contribution in [0.25, 0.3) is 0 Å². The van der Waals surface area contributed by atoms with Gasteiger partial charge in [0.1, 0.15) is 6.54 Å². The zero-order valence-corrected chi connectivity index (χ0v) is 6.46. The number of carboxylic acids is 1. The van der Waals surface area contributed by atoms with Crippen molar-refractivity contribution < 1.29 is 14.7 Å². The zero-order valence-electron chi connectivity index (χ0n) is 6.46. The van der Waals surface area contributed by atoms with Gasteiger partial charge in [-0.05, 0) is 0 Å². The van der Waals surface area contributed by atoms with Gasteiger partial charge in [0.15, 0.2) is 0 Å². The minimum atomic E-state index is -1.07. The molecule has 0 spiro atoms. The Morgan fingerprint density at radius 3 is 2.58 bits per heavy atom. The van der Waals surface area contributed by atoms with Gasteiger partial charge in [-0.3, -0.25) is 14.9 Å². The molecule has 3 N–H and O–H groups in total. The maximum Gasteiger partial charge on any atom is 0.322 e. The van der Waals surface area contributed by atoms with Crippen molar-refractivity contribution in [2.75, 3.05) is 19.6 Å². The minimum Gasteiger partial charge on any atom is -0.480 e. The van der Waals surface area contributed by atoms with Gasteiger partial charge in [0.05, 0.1) is 13.1 Å². The summed E-state index contributed by atoms with van der Waals surface area (Å²) in [5.74, 6) is 0.830. The Labute approximate surface area is 70.1 Å². The lowest BCUT2D eigenvalue weighted by molar-refractivity contribution is -0.137. The number of hydrogen-bond acceptors (Lipinski definition) is 3. The summed E-state index contributed by atoms with van der Waals surface area (Å²) >= 11 is 0. The summed E-state index contributed by atoms with van der Waals surface area (Å²) in [6, 6.07) is 0. The van der Waals surface area contributed by atoms with Crippen LogP contribution in [-0.2, 0) is 9.59 Å². The molecule has 0 saturated carbocycles. The predicted molar refractivity (Wildman–Crippen MR) is 42.3 cm³/mol. The molecule has 0 aromatic rings. The van der Waals surface area contributed by atoms with Crippen molar-refractivity contribution in [3.63, 3.8) is 0 Å². The van der Waals surface area contributed by atoms with E-state index in [9.17, 15) is 9.59 Å². The van der Waals surface area contributed by atoms with Crippen LogP contribution in [0.15, 0.2) is 0 Å². The molecule has 0 heterocycles. The highest BCUT2D eigenvalue weighted by atomic mass is 16.4. The molecule has 66 valence electrons. The number of carbonyl (C=O) groups is 2. The smallest absolute Gasteiger partial charge is 0.322 e. The summed E-state index contributed by atoms with van der Waals surface area (Å²) in [7, 11) is 0. The first kappa shape index (κ1) is 10.5. The number of carboxylic acid groups (broad SMARTS) is 1. The van der Waals surface area contributed by atoms with Gasteiger partial charge in [0.2, 0.25) is 5.91 Å². The molecule has 0 aliphatic rings. The standard InChI is InChI=1S/C7H10N2O3/c1-2-3-8-4-6(10)9-5-7(11)12/h1,8H,3-5H2,(H,9,10)(H,11,12). The fourth-order valence-corrected chi connectivity index (χ4v) is 0.485. The quantitative estimate of drug-likeness (QED) is 0.343. The number of carbonyl (C=O) groups excluding carboxylic acids is 1. The highest BCUT2D eigenvalue weighted by Gasteiger charge is 2.01. The van der Waals surface area contributed by atoms with Gasteiger partial charge in [-0.2, -0.15) is 0 Å². The number of nitrogens with one attached hydrogen (secondary N) is 2. The second kappa shape index (κ2) is 6.19. The molecule has 12 heavy (non-hydrogen) atoms. The first-order valence-corrected chi connectivity index (χ1v) is 3.29. The van der Waals surface area contributed by atoms with Crippen LogP contribution in [0.1, 0.15) is 0 Å². The molecule has 0 aromatic carbocycles. The molecule has 5 heteroatoms. The third-order valence-electron chi connectivity index (χ3n) is 0.949. The zero-order chi connectivity index (χ0) is 9.40. The average Bonchev–Trinajstić information content (AvgIpc) is 2.01. The van der Waals surface area contributed by atoms with Gasteiger partial charge in [0.25, 0.3) is 0 Å². The molecular weight excluding hydrogens is 160 g/mol. The SMILES string of the molecule is C#CCNCC(=O)NCC(=O)O. The van der Waals surface area contributed by atoms with Gasteiger partial charge in [-0.1, -0.05) is 5.92 Å². The van der Waals surface area contributed by atoms with E-state index in [4.69, 9.17) is 11.5 Å². The molecule has 0 fully saturated rings. The third kappa shape index (κ3) is 6.58. The van der Waals surface area contributed by atoms with Crippen LogP contribution in [0.5, 0.6) is 0 Å². The second-order valence-corrected chi connectivity index (χ2v) is 1.98. The van der Waals surface area contributed by atoms with Crippen LogP contribution in [-0.4, -0.2) is 36.6 Å². The maximum absolute atomic E-state index is 10.7. The highest BCUT2D eigenvalue weighted by molar-refractivity contribution is 5.82. The van der Waals surface area contributed by atoms with Crippen LogP contribution in [0, 0.1) is 12.3 Å². The average molecular weight is 170 g/mol. The van der Waals surface area contributed by atoms with E-state index >= 15 is 0 Å². The Morgan fingerprint density at radius 1 is 1.42 bits per heavy atom. The van der Waals surface area contributed by atoms with Gasteiger partial charge in [-0.25, -0.2) is 0 Å². The van der Waals surface area contributed by atoms with E-state index in [0.717, 1.165) is 0 Å². The van der Waals surface area contributed by atoms with Crippen LogP contribution in [0.4, 0.5) is 0 Å². The predicted octanol–water partition coefficient (Wildman–Crippen LogP) is -1.59. The van der Waals surface area contributed by atoms with Crippen LogP contribution in [0.2, 0.25) is 0 Å². The van der Waals surface area contributed by atoms with E-state index in [1.165, 1.54) is 0 Å². The van der Waals surface area contributed by atoms with E-state index < -0.39 is 5.97 Å². The number of aliphatic carboxylic acids is 1. The molecule has 0 unspecified atom stereocenters. The molecule has 1 amide bonds. The first-order chi connectivity index (χ1) is 5.66. The number of amides is 1. The van der Waals surface area contributed by atoms with Crippen LogP contribution >= 0.6 is 0 Å². The van der Waals surface area contributed by atoms with Crippen molar-refractivity contribution in [2.45, 2.75) is 0 Å². The third-order valence-corrected chi connectivity index (χ3v) is 0.949. The number of hydrogen-bond donors (Lipinski definition) is 3. The van der Waals surface area contributed by atoms with Crippen molar-refractivity contribution in [2.24, 2.45) is 0 Å². The molecule has 5 nitrogen and oxygen atoms in total. The minimum absolute atomic E-state index is 0.0392. The molecule has 0 rings (SSSR count). The van der Waals surface area contributed by atoms with Gasteiger partial charge in [0, 0.05) is 0 Å². The lowest BCUT2D eigenvalue weighted by atomic mass is 10.5. The summed E-state index contributed by atoms with van der Waals surface area (Å²) < 4.78 is 0. The van der Waals surface area contributed by atoms with Crippen molar-refractivity contribution >= 4 is 11.9 Å². The van der Waals surface area contributed by atoms with E-state index in [0.29, 0.717) is 6.54 Å². The van der Waals surface area contributed by atoms with Gasteiger partial charge < -0.3 is 10.4 Å². The van der Waals surface area contributed by atoms with Crippen molar-refractivity contribution in [3.05, 3.63) is 0 Å². The Balaban J connectivity index is 3.35. The normalized spacial score (nSPS) is 8.58. The number of rotatable bonds is 5. The topological polar surface area (TPSA) is 78.4 Å². The van der Waals surface area contributed by atoms with E-state index in [-0.39, 0.29) is 19.0 Å². The second-order valence-electron chi connectivity index (χ2n) is 1.98. The Kier molecular flexibility index (Phi) is 5.39. The van der Waals surface area contributed by atoms with Crippen molar-refractivity contribution in [3.8, 4) is 12.3 Å².